The molecule has 0 bridgehead atoms. The minimum absolute atomic E-state index is 0.126. The van der Waals surface area contributed by atoms with Gasteiger partial charge < -0.3 is 10.0 Å². The molecule has 0 atom stereocenters. The van der Waals surface area contributed by atoms with Gasteiger partial charge in [0.15, 0.2) is 0 Å². The molecular weight excluding hydrogens is 241 g/mol. The first-order valence-electron chi connectivity index (χ1n) is 6.76. The zero-order valence-electron chi connectivity index (χ0n) is 11.9. The largest absolute Gasteiger partial charge is 0.392 e. The molecule has 1 aromatic carbocycles. The Labute approximate surface area is 114 Å². The Balaban J connectivity index is 2.25. The Morgan fingerprint density at radius 3 is 2.58 bits per heavy atom. The normalized spacial score (nSPS) is 16.5. The summed E-state index contributed by atoms with van der Waals surface area (Å²) in [5.41, 5.74) is 2.81. The second-order valence-electron chi connectivity index (χ2n) is 6.08. The number of aliphatic hydroxyl groups excluding tert-OH is 1. The minimum Gasteiger partial charge on any atom is -0.392 e. The van der Waals surface area contributed by atoms with Gasteiger partial charge in [0.25, 0.3) is 0 Å². The first kappa shape index (κ1) is 14.1. The van der Waals surface area contributed by atoms with Crippen LogP contribution in [-0.2, 0) is 6.61 Å². The van der Waals surface area contributed by atoms with Crippen LogP contribution in [0.3, 0.4) is 0 Å². The molecule has 0 fully saturated rings. The van der Waals surface area contributed by atoms with Gasteiger partial charge in [-0.05, 0) is 17.9 Å². The van der Waals surface area contributed by atoms with Crippen LogP contribution >= 0.6 is 0 Å². The Morgan fingerprint density at radius 2 is 2.05 bits per heavy atom. The third-order valence-corrected chi connectivity index (χ3v) is 3.73. The highest BCUT2D eigenvalue weighted by Gasteiger charge is 2.23. The van der Waals surface area contributed by atoms with E-state index in [1.54, 1.807) is 12.1 Å². The van der Waals surface area contributed by atoms with Gasteiger partial charge >= 0.3 is 0 Å². The predicted molar refractivity (Wildman–Crippen MR) is 76.7 cm³/mol. The molecule has 1 N–H and O–H groups in total. The van der Waals surface area contributed by atoms with E-state index in [1.165, 1.54) is 11.6 Å². The number of para-hydroxylation sites is 1. The molecule has 2 rings (SSSR count). The van der Waals surface area contributed by atoms with Crippen LogP contribution in [0.15, 0.2) is 29.8 Å². The Hall–Kier alpha value is -1.35. The second kappa shape index (κ2) is 5.33. The van der Waals surface area contributed by atoms with E-state index in [0.717, 1.165) is 13.0 Å². The molecule has 1 aromatic rings. The molecule has 0 saturated carbocycles. The van der Waals surface area contributed by atoms with Crippen molar-refractivity contribution < 1.29 is 9.50 Å². The van der Waals surface area contributed by atoms with E-state index < -0.39 is 0 Å². The number of hydrogen-bond acceptors (Lipinski definition) is 2. The van der Waals surface area contributed by atoms with Crippen molar-refractivity contribution in [1.82, 2.24) is 0 Å². The third-order valence-electron chi connectivity index (χ3n) is 3.73. The standard InChI is InChI=1S/C16H22FNO/c1-16(2,3)13-7-9-18(10-8-13)15-12(11-19)5-4-6-14(15)17/h4-7,19H,8-11H2,1-3H3. The van der Waals surface area contributed by atoms with Gasteiger partial charge in [0, 0.05) is 18.7 Å². The van der Waals surface area contributed by atoms with Gasteiger partial charge in [-0.1, -0.05) is 44.6 Å². The van der Waals surface area contributed by atoms with Gasteiger partial charge in [-0.15, -0.1) is 0 Å². The molecule has 19 heavy (non-hydrogen) atoms. The smallest absolute Gasteiger partial charge is 0.146 e. The lowest BCUT2D eigenvalue weighted by Gasteiger charge is -2.34. The Bertz CT molecular complexity index is 488. The van der Waals surface area contributed by atoms with Crippen LogP contribution in [0.5, 0.6) is 0 Å². The van der Waals surface area contributed by atoms with Gasteiger partial charge in [0.05, 0.1) is 12.3 Å². The lowest BCUT2D eigenvalue weighted by atomic mass is 9.83. The summed E-state index contributed by atoms with van der Waals surface area (Å²) in [5.74, 6) is -0.251. The average molecular weight is 263 g/mol. The zero-order valence-corrected chi connectivity index (χ0v) is 11.9. The molecule has 0 spiro atoms. The summed E-state index contributed by atoms with van der Waals surface area (Å²) in [6, 6.07) is 4.88. The van der Waals surface area contributed by atoms with Crippen molar-refractivity contribution in [3.63, 3.8) is 0 Å². The number of anilines is 1. The number of rotatable bonds is 2. The molecule has 1 aliphatic rings. The van der Waals surface area contributed by atoms with Crippen molar-refractivity contribution >= 4 is 5.69 Å². The number of nitrogens with zero attached hydrogens (tertiary/aromatic N) is 1. The van der Waals surface area contributed by atoms with E-state index in [-0.39, 0.29) is 17.8 Å². The maximum Gasteiger partial charge on any atom is 0.146 e. The summed E-state index contributed by atoms with van der Waals surface area (Å²) in [6.07, 6.45) is 3.14. The molecule has 1 heterocycles. The summed E-state index contributed by atoms with van der Waals surface area (Å²) >= 11 is 0. The lowest BCUT2D eigenvalue weighted by Crippen LogP contribution is -2.32. The second-order valence-corrected chi connectivity index (χ2v) is 6.08. The molecule has 0 amide bonds. The fourth-order valence-corrected chi connectivity index (χ4v) is 2.60. The summed E-state index contributed by atoms with van der Waals surface area (Å²) < 4.78 is 14.0. The lowest BCUT2D eigenvalue weighted by molar-refractivity contribution is 0.281. The van der Waals surface area contributed by atoms with Gasteiger partial charge in [-0.25, -0.2) is 4.39 Å². The van der Waals surface area contributed by atoms with Crippen LogP contribution < -0.4 is 4.90 Å². The molecule has 0 aliphatic carbocycles. The van der Waals surface area contributed by atoms with E-state index in [2.05, 4.69) is 26.8 Å². The number of benzene rings is 1. The number of halogens is 1. The molecule has 1 aliphatic heterocycles. The van der Waals surface area contributed by atoms with Crippen molar-refractivity contribution in [2.75, 3.05) is 18.0 Å². The SMILES string of the molecule is CC(C)(C)C1=CCN(c2c(F)cccc2CO)CC1. The quantitative estimate of drug-likeness (QED) is 0.825. The van der Waals surface area contributed by atoms with E-state index in [4.69, 9.17) is 0 Å². The molecule has 2 nitrogen and oxygen atoms in total. The maximum atomic E-state index is 14.0. The fourth-order valence-electron chi connectivity index (χ4n) is 2.60. The summed E-state index contributed by atoms with van der Waals surface area (Å²) in [6.45, 7) is 8.00. The molecular formula is C16H22FNO. The monoisotopic (exact) mass is 263 g/mol. The first-order valence-corrected chi connectivity index (χ1v) is 6.76. The molecule has 0 radical (unpaired) electrons. The van der Waals surface area contributed by atoms with Crippen molar-refractivity contribution in [2.24, 2.45) is 5.41 Å². The van der Waals surface area contributed by atoms with E-state index >= 15 is 0 Å². The Morgan fingerprint density at radius 1 is 1.32 bits per heavy atom. The molecule has 104 valence electrons. The van der Waals surface area contributed by atoms with Gasteiger partial charge in [-0.3, -0.25) is 0 Å². The van der Waals surface area contributed by atoms with E-state index in [0.29, 0.717) is 17.8 Å². The van der Waals surface area contributed by atoms with E-state index in [1.807, 2.05) is 4.90 Å². The van der Waals surface area contributed by atoms with Crippen molar-refractivity contribution in [3.05, 3.63) is 41.2 Å². The Kier molecular flexibility index (Phi) is 3.95. The maximum absolute atomic E-state index is 14.0. The van der Waals surface area contributed by atoms with Crippen molar-refractivity contribution in [3.8, 4) is 0 Å². The van der Waals surface area contributed by atoms with Gasteiger partial charge in [-0.2, -0.15) is 0 Å². The van der Waals surface area contributed by atoms with Crippen LogP contribution in [0.2, 0.25) is 0 Å². The van der Waals surface area contributed by atoms with Crippen molar-refractivity contribution in [1.29, 1.82) is 0 Å². The van der Waals surface area contributed by atoms with Crippen molar-refractivity contribution in [2.45, 2.75) is 33.8 Å². The highest BCUT2D eigenvalue weighted by Crippen LogP contribution is 2.33. The van der Waals surface area contributed by atoms with Crippen LogP contribution in [0.4, 0.5) is 10.1 Å². The third kappa shape index (κ3) is 2.98. The highest BCUT2D eigenvalue weighted by molar-refractivity contribution is 5.56. The summed E-state index contributed by atoms with van der Waals surface area (Å²) in [7, 11) is 0. The molecule has 0 aromatic heterocycles. The predicted octanol–water partition coefficient (Wildman–Crippen LogP) is 3.50. The van der Waals surface area contributed by atoms with E-state index in [9.17, 15) is 9.50 Å². The first-order chi connectivity index (χ1) is 8.93. The number of hydrogen-bond donors (Lipinski definition) is 1. The average Bonchev–Trinajstić information content (AvgIpc) is 2.37. The summed E-state index contributed by atoms with van der Waals surface area (Å²) in [4.78, 5) is 2.01. The van der Waals surface area contributed by atoms with Gasteiger partial charge in [0.1, 0.15) is 5.82 Å². The van der Waals surface area contributed by atoms with Crippen LogP contribution in [0, 0.1) is 11.2 Å². The number of aliphatic hydroxyl groups is 1. The zero-order chi connectivity index (χ0) is 14.0. The highest BCUT2D eigenvalue weighted by atomic mass is 19.1. The van der Waals surface area contributed by atoms with Gasteiger partial charge in [0.2, 0.25) is 0 Å². The molecule has 3 heteroatoms. The minimum atomic E-state index is -0.251. The van der Waals surface area contributed by atoms with Crippen LogP contribution in [0.25, 0.3) is 0 Å². The summed E-state index contributed by atoms with van der Waals surface area (Å²) in [5, 5.41) is 9.35. The van der Waals surface area contributed by atoms with Crippen LogP contribution in [0.1, 0.15) is 32.8 Å². The van der Waals surface area contributed by atoms with Crippen LogP contribution in [-0.4, -0.2) is 18.2 Å². The fraction of sp³-hybridized carbons (Fsp3) is 0.500. The molecule has 0 unspecified atom stereocenters. The molecule has 0 saturated heterocycles. The topological polar surface area (TPSA) is 23.5 Å².